The number of rotatable bonds is 4. The lowest BCUT2D eigenvalue weighted by molar-refractivity contribution is -0.138. The number of nitrogens with two attached hydrogens (primary N) is 1. The second-order valence-electron chi connectivity index (χ2n) is 4.04. The van der Waals surface area contributed by atoms with Crippen LogP contribution in [0.5, 0.6) is 5.75 Å². The molecule has 0 radical (unpaired) electrons. The summed E-state index contributed by atoms with van der Waals surface area (Å²) in [6, 6.07) is 4.53. The van der Waals surface area contributed by atoms with Gasteiger partial charge in [-0.1, -0.05) is 12.1 Å². The van der Waals surface area contributed by atoms with Crippen LogP contribution in [0.4, 0.5) is 0 Å². The molecule has 1 heterocycles. The third kappa shape index (κ3) is 1.82. The van der Waals surface area contributed by atoms with Gasteiger partial charge in [-0.15, -0.1) is 0 Å². The van der Waals surface area contributed by atoms with E-state index in [2.05, 4.69) is 0 Å². The van der Waals surface area contributed by atoms with E-state index in [1.54, 1.807) is 13.3 Å². The monoisotopic (exact) mass is 248 g/mol. The molecule has 0 spiro atoms. The zero-order valence-electron chi connectivity index (χ0n) is 10.4. The van der Waals surface area contributed by atoms with Gasteiger partial charge in [0.15, 0.2) is 0 Å². The molecule has 2 rings (SSSR count). The van der Waals surface area contributed by atoms with Gasteiger partial charge in [-0.25, -0.2) is 0 Å². The first-order chi connectivity index (χ1) is 8.60. The van der Waals surface area contributed by atoms with Gasteiger partial charge in [0.1, 0.15) is 11.8 Å². The molecule has 0 saturated carbocycles. The highest BCUT2D eigenvalue weighted by molar-refractivity contribution is 5.93. The fourth-order valence-corrected chi connectivity index (χ4v) is 2.15. The number of methoxy groups -OCH3 is 1. The molecule has 0 aliphatic rings. The van der Waals surface area contributed by atoms with Crippen LogP contribution in [0.2, 0.25) is 0 Å². The molecule has 1 unspecified atom stereocenters. The third-order valence-corrected chi connectivity index (χ3v) is 3.05. The lowest BCUT2D eigenvalue weighted by Gasteiger charge is -2.06. The molecule has 1 aromatic heterocycles. The van der Waals surface area contributed by atoms with Gasteiger partial charge in [-0.3, -0.25) is 4.79 Å². The number of hydrogen-bond donors (Lipinski definition) is 2. The molecule has 2 aromatic rings. The zero-order valence-corrected chi connectivity index (χ0v) is 10.4. The Morgan fingerprint density at radius 3 is 2.83 bits per heavy atom. The summed E-state index contributed by atoms with van der Waals surface area (Å²) >= 11 is 0. The number of para-hydroxylation sites is 1. The summed E-state index contributed by atoms with van der Waals surface area (Å²) in [6.07, 6.45) is 1.78. The maximum Gasteiger partial charge on any atom is 0.325 e. The van der Waals surface area contributed by atoms with Crippen LogP contribution in [0, 0.1) is 0 Å². The molecule has 1 atom stereocenters. The normalized spacial score (nSPS) is 12.6. The molecule has 0 aliphatic carbocycles. The van der Waals surface area contributed by atoms with Gasteiger partial charge in [-0.2, -0.15) is 0 Å². The standard InChI is InChI=1S/C13H16N2O3/c1-3-15-7-9(11(14)13(16)17)8-5-4-6-10(18-2)12(8)15/h4-7,11H,3,14H2,1-2H3,(H,16,17). The van der Waals surface area contributed by atoms with E-state index >= 15 is 0 Å². The number of aliphatic carboxylic acids is 1. The SMILES string of the molecule is CCn1cc(C(N)C(=O)O)c2cccc(OC)c21. The number of carboxylic acid groups (broad SMARTS) is 1. The molecule has 0 aliphatic heterocycles. The van der Waals surface area contributed by atoms with Gasteiger partial charge < -0.3 is 20.1 Å². The number of ether oxygens (including phenoxy) is 1. The molecule has 1 aromatic carbocycles. The van der Waals surface area contributed by atoms with Crippen LogP contribution in [-0.2, 0) is 11.3 Å². The van der Waals surface area contributed by atoms with Crippen molar-refractivity contribution in [1.82, 2.24) is 4.57 Å². The number of carbonyl (C=O) groups is 1. The Morgan fingerprint density at radius 2 is 2.28 bits per heavy atom. The van der Waals surface area contributed by atoms with Crippen molar-refractivity contribution >= 4 is 16.9 Å². The minimum Gasteiger partial charge on any atom is -0.495 e. The van der Waals surface area contributed by atoms with Crippen molar-refractivity contribution in [2.75, 3.05) is 7.11 Å². The van der Waals surface area contributed by atoms with Crippen molar-refractivity contribution < 1.29 is 14.6 Å². The van der Waals surface area contributed by atoms with Gasteiger partial charge in [0.25, 0.3) is 0 Å². The lowest BCUT2D eigenvalue weighted by atomic mass is 10.1. The first-order valence-corrected chi connectivity index (χ1v) is 5.74. The quantitative estimate of drug-likeness (QED) is 0.864. The van der Waals surface area contributed by atoms with Crippen molar-refractivity contribution in [1.29, 1.82) is 0 Å². The van der Waals surface area contributed by atoms with E-state index in [0.29, 0.717) is 5.56 Å². The first kappa shape index (κ1) is 12.4. The maximum absolute atomic E-state index is 11.0. The number of aromatic nitrogens is 1. The van der Waals surface area contributed by atoms with Gasteiger partial charge in [-0.05, 0) is 13.0 Å². The Morgan fingerprint density at radius 1 is 1.56 bits per heavy atom. The highest BCUT2D eigenvalue weighted by Crippen LogP contribution is 2.32. The molecule has 3 N–H and O–H groups in total. The molecule has 0 amide bonds. The van der Waals surface area contributed by atoms with E-state index in [-0.39, 0.29) is 0 Å². The van der Waals surface area contributed by atoms with E-state index in [4.69, 9.17) is 15.6 Å². The summed E-state index contributed by atoms with van der Waals surface area (Å²) in [7, 11) is 1.60. The number of hydrogen-bond acceptors (Lipinski definition) is 3. The lowest BCUT2D eigenvalue weighted by Crippen LogP contribution is -2.20. The topological polar surface area (TPSA) is 77.5 Å². The summed E-state index contributed by atoms with van der Waals surface area (Å²) in [6.45, 7) is 2.71. The highest BCUT2D eigenvalue weighted by Gasteiger charge is 2.21. The number of aryl methyl sites for hydroxylation is 1. The summed E-state index contributed by atoms with van der Waals surface area (Å²) in [5.74, 6) is -0.314. The molecular formula is C13H16N2O3. The van der Waals surface area contributed by atoms with E-state index in [0.717, 1.165) is 23.2 Å². The van der Waals surface area contributed by atoms with Crippen molar-refractivity contribution in [3.8, 4) is 5.75 Å². The summed E-state index contributed by atoms with van der Waals surface area (Å²) in [4.78, 5) is 11.0. The van der Waals surface area contributed by atoms with Crippen LogP contribution in [0.25, 0.3) is 10.9 Å². The average molecular weight is 248 g/mol. The van der Waals surface area contributed by atoms with Crippen LogP contribution < -0.4 is 10.5 Å². The Labute approximate surface area is 105 Å². The Balaban J connectivity index is 2.74. The molecule has 18 heavy (non-hydrogen) atoms. The fourth-order valence-electron chi connectivity index (χ4n) is 2.15. The van der Waals surface area contributed by atoms with Crippen LogP contribution in [-0.4, -0.2) is 22.8 Å². The van der Waals surface area contributed by atoms with Crippen molar-refractivity contribution in [2.24, 2.45) is 5.73 Å². The predicted molar refractivity (Wildman–Crippen MR) is 68.7 cm³/mol. The first-order valence-electron chi connectivity index (χ1n) is 5.74. The summed E-state index contributed by atoms with van der Waals surface area (Å²) in [5.41, 5.74) is 7.20. The van der Waals surface area contributed by atoms with Gasteiger partial charge in [0, 0.05) is 23.7 Å². The van der Waals surface area contributed by atoms with E-state index < -0.39 is 12.0 Å². The van der Waals surface area contributed by atoms with E-state index in [1.165, 1.54) is 0 Å². The average Bonchev–Trinajstić information content (AvgIpc) is 2.76. The minimum atomic E-state index is -1.03. The van der Waals surface area contributed by atoms with Crippen LogP contribution in [0.3, 0.4) is 0 Å². The third-order valence-electron chi connectivity index (χ3n) is 3.05. The molecule has 0 bridgehead atoms. The molecular weight excluding hydrogens is 232 g/mol. The maximum atomic E-state index is 11.0. The van der Waals surface area contributed by atoms with E-state index in [9.17, 15) is 4.79 Å². The van der Waals surface area contributed by atoms with Crippen molar-refractivity contribution in [3.05, 3.63) is 30.0 Å². The second-order valence-corrected chi connectivity index (χ2v) is 4.04. The number of benzene rings is 1. The fraction of sp³-hybridized carbons (Fsp3) is 0.308. The summed E-state index contributed by atoms with van der Waals surface area (Å²) in [5, 5.41) is 9.86. The molecule has 5 heteroatoms. The molecule has 0 fully saturated rings. The molecule has 96 valence electrons. The van der Waals surface area contributed by atoms with Crippen molar-refractivity contribution in [2.45, 2.75) is 19.5 Å². The van der Waals surface area contributed by atoms with Crippen LogP contribution in [0.15, 0.2) is 24.4 Å². The van der Waals surface area contributed by atoms with Gasteiger partial charge >= 0.3 is 5.97 Å². The van der Waals surface area contributed by atoms with Crippen LogP contribution >= 0.6 is 0 Å². The highest BCUT2D eigenvalue weighted by atomic mass is 16.5. The Bertz CT molecular complexity index is 589. The number of fused-ring (bicyclic) bond motifs is 1. The minimum absolute atomic E-state index is 0.609. The largest absolute Gasteiger partial charge is 0.495 e. The van der Waals surface area contributed by atoms with Crippen LogP contribution in [0.1, 0.15) is 18.5 Å². The molecule has 5 nitrogen and oxygen atoms in total. The Hall–Kier alpha value is -2.01. The van der Waals surface area contributed by atoms with Gasteiger partial charge in [0.2, 0.25) is 0 Å². The zero-order chi connectivity index (χ0) is 13.3. The van der Waals surface area contributed by atoms with Gasteiger partial charge in [0.05, 0.1) is 12.6 Å². The van der Waals surface area contributed by atoms with E-state index in [1.807, 2.05) is 29.7 Å². The summed E-state index contributed by atoms with van der Waals surface area (Å²) < 4.78 is 7.27. The number of nitrogens with zero attached hydrogens (tertiary/aromatic N) is 1. The number of carboxylic acids is 1. The Kier molecular flexibility index (Phi) is 3.25. The molecule has 0 saturated heterocycles. The second kappa shape index (κ2) is 4.70. The predicted octanol–water partition coefficient (Wildman–Crippen LogP) is 1.75. The van der Waals surface area contributed by atoms with Crippen molar-refractivity contribution in [3.63, 3.8) is 0 Å². The smallest absolute Gasteiger partial charge is 0.325 e.